The fourth-order valence-corrected chi connectivity index (χ4v) is 2.20. The molecular weight excluding hydrogens is 272 g/mol. The number of nitrogens with zero attached hydrogens (tertiary/aromatic N) is 1. The van der Waals surface area contributed by atoms with Crippen LogP contribution in [0, 0.1) is 0 Å². The molecule has 0 fully saturated rings. The minimum absolute atomic E-state index is 0.265. The molecule has 0 saturated heterocycles. The van der Waals surface area contributed by atoms with E-state index in [0.29, 0.717) is 16.4 Å². The second-order valence-corrected chi connectivity index (χ2v) is 4.76. The van der Waals surface area contributed by atoms with Gasteiger partial charge in [-0.1, -0.05) is 48.0 Å². The van der Waals surface area contributed by atoms with E-state index >= 15 is 0 Å². The van der Waals surface area contributed by atoms with Crippen molar-refractivity contribution in [3.05, 3.63) is 71.4 Å². The van der Waals surface area contributed by atoms with Crippen LogP contribution in [0.5, 0.6) is 0 Å². The van der Waals surface area contributed by atoms with E-state index in [-0.39, 0.29) is 5.91 Å². The molecule has 0 bridgehead atoms. The fraction of sp³-hybridized carbons (Fsp3) is 0. The first-order chi connectivity index (χ1) is 9.74. The van der Waals surface area contributed by atoms with Crippen molar-refractivity contribution >= 4 is 34.1 Å². The quantitative estimate of drug-likeness (QED) is 0.767. The molecule has 2 aromatic carbocycles. The third kappa shape index (κ3) is 2.49. The second kappa shape index (κ2) is 5.31. The molecule has 0 spiro atoms. The monoisotopic (exact) mass is 282 g/mol. The minimum atomic E-state index is -0.265. The smallest absolute Gasteiger partial charge is 0.258 e. The molecule has 0 aliphatic carbocycles. The number of carbonyl (C=O) groups excluding carboxylic acids is 1. The van der Waals surface area contributed by atoms with Crippen molar-refractivity contribution in [1.82, 2.24) is 4.98 Å². The van der Waals surface area contributed by atoms with Gasteiger partial charge in [0.1, 0.15) is 5.82 Å². The standard InChI is InChI=1S/C16H11ClN2O/c17-14-8-4-3-7-13(14)16(20)19-15-9-11-5-1-2-6-12(11)10-18-15/h1-10H,(H,18,19,20). The number of pyridine rings is 1. The summed E-state index contributed by atoms with van der Waals surface area (Å²) in [6.07, 6.45) is 1.73. The molecule has 0 aliphatic heterocycles. The number of amides is 1. The third-order valence-corrected chi connectivity index (χ3v) is 3.32. The molecule has 1 amide bonds. The SMILES string of the molecule is O=C(Nc1cc2ccccc2cn1)c1ccccc1Cl. The van der Waals surface area contributed by atoms with Crippen LogP contribution in [-0.2, 0) is 0 Å². The molecule has 3 rings (SSSR count). The number of carbonyl (C=O) groups is 1. The maximum absolute atomic E-state index is 12.1. The predicted octanol–water partition coefficient (Wildman–Crippen LogP) is 4.14. The van der Waals surface area contributed by atoms with Crippen LogP contribution in [0.15, 0.2) is 60.8 Å². The number of fused-ring (bicyclic) bond motifs is 1. The summed E-state index contributed by atoms with van der Waals surface area (Å²) in [5.41, 5.74) is 0.434. The molecule has 0 unspecified atom stereocenters. The molecule has 20 heavy (non-hydrogen) atoms. The Bertz CT molecular complexity index is 786. The Morgan fingerprint density at radius 3 is 2.50 bits per heavy atom. The summed E-state index contributed by atoms with van der Waals surface area (Å²) in [5, 5.41) is 5.23. The van der Waals surface area contributed by atoms with Gasteiger partial charge in [-0.3, -0.25) is 4.79 Å². The lowest BCUT2D eigenvalue weighted by Gasteiger charge is -2.06. The summed E-state index contributed by atoms with van der Waals surface area (Å²) in [7, 11) is 0. The summed E-state index contributed by atoms with van der Waals surface area (Å²) >= 11 is 6.00. The highest BCUT2D eigenvalue weighted by molar-refractivity contribution is 6.34. The maximum atomic E-state index is 12.1. The van der Waals surface area contributed by atoms with Crippen molar-refractivity contribution in [3.63, 3.8) is 0 Å². The summed E-state index contributed by atoms with van der Waals surface area (Å²) in [4.78, 5) is 16.4. The number of aromatic nitrogens is 1. The van der Waals surface area contributed by atoms with Crippen LogP contribution in [0.2, 0.25) is 5.02 Å². The first-order valence-electron chi connectivity index (χ1n) is 6.15. The van der Waals surface area contributed by atoms with Gasteiger partial charge in [-0.25, -0.2) is 4.98 Å². The molecule has 0 radical (unpaired) electrons. The van der Waals surface area contributed by atoms with Gasteiger partial charge in [0.05, 0.1) is 10.6 Å². The van der Waals surface area contributed by atoms with Gasteiger partial charge in [0.25, 0.3) is 5.91 Å². The van der Waals surface area contributed by atoms with Gasteiger partial charge < -0.3 is 5.32 Å². The number of benzene rings is 2. The summed E-state index contributed by atoms with van der Waals surface area (Å²) in [5.74, 6) is 0.243. The van der Waals surface area contributed by atoms with Gasteiger partial charge in [0, 0.05) is 11.6 Å². The van der Waals surface area contributed by atoms with Gasteiger partial charge in [-0.15, -0.1) is 0 Å². The van der Waals surface area contributed by atoms with E-state index in [1.165, 1.54) is 0 Å². The number of hydrogen-bond acceptors (Lipinski definition) is 2. The Balaban J connectivity index is 1.89. The van der Waals surface area contributed by atoms with E-state index in [4.69, 9.17) is 11.6 Å². The summed E-state index contributed by atoms with van der Waals surface area (Å²) in [6.45, 7) is 0. The van der Waals surface area contributed by atoms with E-state index in [1.807, 2.05) is 30.3 Å². The zero-order chi connectivity index (χ0) is 13.9. The van der Waals surface area contributed by atoms with Gasteiger partial charge in [0.15, 0.2) is 0 Å². The number of rotatable bonds is 2. The van der Waals surface area contributed by atoms with Crippen LogP contribution < -0.4 is 5.32 Å². The van der Waals surface area contributed by atoms with Crippen LogP contribution in [0.25, 0.3) is 10.8 Å². The van der Waals surface area contributed by atoms with Crippen LogP contribution in [0.1, 0.15) is 10.4 Å². The molecule has 4 heteroatoms. The molecule has 1 heterocycles. The number of hydrogen-bond donors (Lipinski definition) is 1. The average Bonchev–Trinajstić information content (AvgIpc) is 2.47. The molecule has 1 N–H and O–H groups in total. The Kier molecular flexibility index (Phi) is 3.35. The lowest BCUT2D eigenvalue weighted by molar-refractivity contribution is 0.102. The van der Waals surface area contributed by atoms with Crippen molar-refractivity contribution in [3.8, 4) is 0 Å². The topological polar surface area (TPSA) is 42.0 Å². The summed E-state index contributed by atoms with van der Waals surface area (Å²) < 4.78 is 0. The number of anilines is 1. The van der Waals surface area contributed by atoms with Crippen molar-refractivity contribution in [2.75, 3.05) is 5.32 Å². The van der Waals surface area contributed by atoms with Gasteiger partial charge in [0.2, 0.25) is 0 Å². The van der Waals surface area contributed by atoms with Crippen molar-refractivity contribution < 1.29 is 4.79 Å². The fourth-order valence-electron chi connectivity index (χ4n) is 1.98. The zero-order valence-electron chi connectivity index (χ0n) is 10.5. The Hall–Kier alpha value is -2.39. The third-order valence-electron chi connectivity index (χ3n) is 2.99. The van der Waals surface area contributed by atoms with E-state index < -0.39 is 0 Å². The Morgan fingerprint density at radius 2 is 1.70 bits per heavy atom. The molecule has 3 aromatic rings. The van der Waals surface area contributed by atoms with Crippen molar-refractivity contribution in [1.29, 1.82) is 0 Å². The van der Waals surface area contributed by atoms with Crippen molar-refractivity contribution in [2.24, 2.45) is 0 Å². The average molecular weight is 283 g/mol. The Morgan fingerprint density at radius 1 is 1.00 bits per heavy atom. The molecule has 98 valence electrons. The normalized spacial score (nSPS) is 10.4. The molecule has 1 aromatic heterocycles. The van der Waals surface area contributed by atoms with Gasteiger partial charge in [-0.2, -0.15) is 0 Å². The number of nitrogens with one attached hydrogen (secondary N) is 1. The highest BCUT2D eigenvalue weighted by atomic mass is 35.5. The largest absolute Gasteiger partial charge is 0.307 e. The minimum Gasteiger partial charge on any atom is -0.307 e. The van der Waals surface area contributed by atoms with E-state index in [1.54, 1.807) is 30.5 Å². The highest BCUT2D eigenvalue weighted by Crippen LogP contribution is 2.19. The predicted molar refractivity (Wildman–Crippen MR) is 81.1 cm³/mol. The Labute approximate surface area is 121 Å². The van der Waals surface area contributed by atoms with E-state index in [0.717, 1.165) is 10.8 Å². The summed E-state index contributed by atoms with van der Waals surface area (Å²) in [6, 6.07) is 16.6. The molecule has 3 nitrogen and oxygen atoms in total. The molecule has 0 saturated carbocycles. The second-order valence-electron chi connectivity index (χ2n) is 4.35. The lowest BCUT2D eigenvalue weighted by atomic mass is 10.2. The highest BCUT2D eigenvalue weighted by Gasteiger charge is 2.10. The first-order valence-corrected chi connectivity index (χ1v) is 6.52. The van der Waals surface area contributed by atoms with Crippen LogP contribution in [-0.4, -0.2) is 10.9 Å². The lowest BCUT2D eigenvalue weighted by Crippen LogP contribution is -2.13. The van der Waals surface area contributed by atoms with Crippen LogP contribution >= 0.6 is 11.6 Å². The van der Waals surface area contributed by atoms with Crippen LogP contribution in [0.4, 0.5) is 5.82 Å². The zero-order valence-corrected chi connectivity index (χ0v) is 11.3. The molecule has 0 atom stereocenters. The van der Waals surface area contributed by atoms with E-state index in [2.05, 4.69) is 10.3 Å². The van der Waals surface area contributed by atoms with E-state index in [9.17, 15) is 4.79 Å². The molecular formula is C16H11ClN2O. The van der Waals surface area contributed by atoms with Gasteiger partial charge >= 0.3 is 0 Å². The first kappa shape index (κ1) is 12.6. The molecule has 0 aliphatic rings. The number of halogens is 1. The van der Waals surface area contributed by atoms with Crippen LogP contribution in [0.3, 0.4) is 0 Å². The maximum Gasteiger partial charge on any atom is 0.258 e. The van der Waals surface area contributed by atoms with Gasteiger partial charge in [-0.05, 0) is 23.6 Å². The van der Waals surface area contributed by atoms with Crippen molar-refractivity contribution in [2.45, 2.75) is 0 Å².